The number of nitrogens with zero attached hydrogens (tertiary/aromatic N) is 2. The second-order valence-electron chi connectivity index (χ2n) is 6.18. The Morgan fingerprint density at radius 3 is 2.80 bits per heavy atom. The quantitative estimate of drug-likeness (QED) is 0.887. The number of H-pyrrole nitrogens is 1. The van der Waals surface area contributed by atoms with Gasteiger partial charge in [-0.25, -0.2) is 4.98 Å². The highest BCUT2D eigenvalue weighted by atomic mass is 16.5. The van der Waals surface area contributed by atoms with Crippen molar-refractivity contribution in [3.05, 3.63) is 58.3 Å². The number of nitrogens with one attached hydrogen (secondary N) is 1. The molecule has 1 aliphatic heterocycles. The molecule has 1 saturated heterocycles. The van der Waals surface area contributed by atoms with Gasteiger partial charge in [0.15, 0.2) is 0 Å². The van der Waals surface area contributed by atoms with Gasteiger partial charge in [0.2, 0.25) is 0 Å². The third-order valence-electron chi connectivity index (χ3n) is 4.36. The molecule has 1 aromatic heterocycles. The third kappa shape index (κ3) is 3.88. The molecular formula is C18H21N3O4. The van der Waals surface area contributed by atoms with Gasteiger partial charge in [0.1, 0.15) is 29.5 Å². The van der Waals surface area contributed by atoms with Gasteiger partial charge in [-0.2, -0.15) is 0 Å². The number of rotatable bonds is 5. The van der Waals surface area contributed by atoms with Crippen LogP contribution in [-0.4, -0.2) is 53.2 Å². The summed E-state index contributed by atoms with van der Waals surface area (Å²) in [5, 5.41) is 0. The van der Waals surface area contributed by atoms with Crippen LogP contribution in [0.2, 0.25) is 0 Å². The Labute approximate surface area is 145 Å². The van der Waals surface area contributed by atoms with E-state index >= 15 is 0 Å². The summed E-state index contributed by atoms with van der Waals surface area (Å²) in [5.74, 6) is 0.906. The molecule has 1 fully saturated rings. The maximum atomic E-state index is 12.6. The Morgan fingerprint density at radius 2 is 2.12 bits per heavy atom. The summed E-state index contributed by atoms with van der Waals surface area (Å²) in [4.78, 5) is 32.5. The first-order valence-corrected chi connectivity index (χ1v) is 8.12. The molecule has 1 atom stereocenters. The molecule has 7 heteroatoms. The van der Waals surface area contributed by atoms with Crippen molar-refractivity contribution >= 4 is 5.91 Å². The SMILES string of the molecule is CO[C@@]1(COc2ccccc2)CCN(C(=O)c2cc(=O)[nH]c(C)n2)C1. The molecule has 25 heavy (non-hydrogen) atoms. The van der Waals surface area contributed by atoms with Crippen molar-refractivity contribution in [1.82, 2.24) is 14.9 Å². The number of likely N-dealkylation sites (tertiary alicyclic amines) is 1. The third-order valence-corrected chi connectivity index (χ3v) is 4.36. The van der Waals surface area contributed by atoms with Crippen molar-refractivity contribution in [3.8, 4) is 5.75 Å². The molecule has 1 amide bonds. The highest BCUT2D eigenvalue weighted by Crippen LogP contribution is 2.27. The lowest BCUT2D eigenvalue weighted by atomic mass is 10.0. The number of methoxy groups -OCH3 is 1. The molecule has 2 aromatic rings. The van der Waals surface area contributed by atoms with Crippen molar-refractivity contribution in [2.24, 2.45) is 0 Å². The van der Waals surface area contributed by atoms with E-state index < -0.39 is 5.60 Å². The lowest BCUT2D eigenvalue weighted by molar-refractivity contribution is -0.0342. The number of aromatic amines is 1. The van der Waals surface area contributed by atoms with E-state index in [2.05, 4.69) is 9.97 Å². The van der Waals surface area contributed by atoms with Crippen LogP contribution in [0.15, 0.2) is 41.2 Å². The van der Waals surface area contributed by atoms with E-state index in [-0.39, 0.29) is 17.2 Å². The molecule has 0 spiro atoms. The smallest absolute Gasteiger partial charge is 0.272 e. The van der Waals surface area contributed by atoms with Gasteiger partial charge in [-0.1, -0.05) is 18.2 Å². The van der Waals surface area contributed by atoms with Gasteiger partial charge in [-0.15, -0.1) is 0 Å². The second kappa shape index (κ2) is 7.06. The van der Waals surface area contributed by atoms with E-state index in [4.69, 9.17) is 9.47 Å². The van der Waals surface area contributed by atoms with Crippen LogP contribution in [-0.2, 0) is 4.74 Å². The molecule has 0 bridgehead atoms. The van der Waals surface area contributed by atoms with Crippen molar-refractivity contribution in [2.75, 3.05) is 26.8 Å². The average Bonchev–Trinajstić information content (AvgIpc) is 3.04. The highest BCUT2D eigenvalue weighted by Gasteiger charge is 2.41. The number of aryl methyl sites for hydroxylation is 1. The molecule has 1 aliphatic rings. The number of hydrogen-bond donors (Lipinski definition) is 1. The van der Waals surface area contributed by atoms with E-state index in [1.165, 1.54) is 6.07 Å². The van der Waals surface area contributed by atoms with Gasteiger partial charge in [-0.05, 0) is 25.5 Å². The molecule has 1 N–H and O–H groups in total. The lowest BCUT2D eigenvalue weighted by Crippen LogP contribution is -2.42. The average molecular weight is 343 g/mol. The fraction of sp³-hybridized carbons (Fsp3) is 0.389. The number of aromatic nitrogens is 2. The fourth-order valence-electron chi connectivity index (χ4n) is 2.94. The standard InChI is InChI=1S/C18H21N3O4/c1-13-19-15(10-16(22)20-13)17(23)21-9-8-18(11-21,24-2)12-25-14-6-4-3-5-7-14/h3-7,10H,8-9,11-12H2,1-2H3,(H,19,20,22)/t18-/m0/s1. The Kier molecular flexibility index (Phi) is 4.85. The zero-order chi connectivity index (χ0) is 17.9. The minimum absolute atomic E-state index is 0.150. The van der Waals surface area contributed by atoms with Crippen molar-refractivity contribution < 1.29 is 14.3 Å². The topological polar surface area (TPSA) is 84.5 Å². The molecule has 0 saturated carbocycles. The van der Waals surface area contributed by atoms with E-state index in [1.807, 2.05) is 30.3 Å². The predicted octanol–water partition coefficient (Wildman–Crippen LogP) is 1.39. The maximum Gasteiger partial charge on any atom is 0.272 e. The number of amides is 1. The normalized spacial score (nSPS) is 19.8. The number of benzene rings is 1. The zero-order valence-electron chi connectivity index (χ0n) is 14.3. The fourth-order valence-corrected chi connectivity index (χ4v) is 2.94. The molecule has 0 aliphatic carbocycles. The summed E-state index contributed by atoms with van der Waals surface area (Å²) in [6, 6.07) is 10.7. The Bertz CT molecular complexity index is 805. The van der Waals surface area contributed by atoms with E-state index in [9.17, 15) is 9.59 Å². The molecule has 0 radical (unpaired) electrons. The summed E-state index contributed by atoms with van der Waals surface area (Å²) in [7, 11) is 1.62. The maximum absolute atomic E-state index is 12.6. The van der Waals surface area contributed by atoms with Crippen molar-refractivity contribution in [3.63, 3.8) is 0 Å². The van der Waals surface area contributed by atoms with Gasteiger partial charge >= 0.3 is 0 Å². The number of hydrogen-bond acceptors (Lipinski definition) is 5. The van der Waals surface area contributed by atoms with Crippen LogP contribution in [0, 0.1) is 6.92 Å². The molecule has 1 aromatic carbocycles. The zero-order valence-corrected chi connectivity index (χ0v) is 14.3. The lowest BCUT2D eigenvalue weighted by Gasteiger charge is -2.27. The Hall–Kier alpha value is -2.67. The molecule has 132 valence electrons. The molecule has 7 nitrogen and oxygen atoms in total. The Balaban J connectivity index is 1.69. The van der Waals surface area contributed by atoms with Crippen LogP contribution in [0.4, 0.5) is 0 Å². The van der Waals surface area contributed by atoms with Crippen LogP contribution >= 0.6 is 0 Å². The van der Waals surface area contributed by atoms with E-state index in [0.717, 1.165) is 5.75 Å². The molecule has 3 rings (SSSR count). The van der Waals surface area contributed by atoms with Gasteiger partial charge in [0.25, 0.3) is 11.5 Å². The van der Waals surface area contributed by atoms with Crippen LogP contribution in [0.1, 0.15) is 22.7 Å². The monoisotopic (exact) mass is 343 g/mol. The predicted molar refractivity (Wildman–Crippen MR) is 91.8 cm³/mol. The van der Waals surface area contributed by atoms with Gasteiger partial charge in [-0.3, -0.25) is 9.59 Å². The van der Waals surface area contributed by atoms with E-state index in [0.29, 0.717) is 31.9 Å². The van der Waals surface area contributed by atoms with Gasteiger partial charge in [0, 0.05) is 19.7 Å². The molecule has 0 unspecified atom stereocenters. The number of carbonyl (C=O) groups excluding carboxylic acids is 1. The first kappa shape index (κ1) is 17.2. The summed E-state index contributed by atoms with van der Waals surface area (Å²) in [6.45, 7) is 2.91. The Morgan fingerprint density at radius 1 is 1.36 bits per heavy atom. The van der Waals surface area contributed by atoms with Crippen LogP contribution < -0.4 is 10.3 Å². The first-order valence-electron chi connectivity index (χ1n) is 8.12. The van der Waals surface area contributed by atoms with Gasteiger partial charge in [0.05, 0.1) is 6.54 Å². The number of ether oxygens (including phenoxy) is 2. The van der Waals surface area contributed by atoms with Gasteiger partial charge < -0.3 is 19.4 Å². The summed E-state index contributed by atoms with van der Waals surface area (Å²) in [5.41, 5.74) is -0.750. The van der Waals surface area contributed by atoms with Crippen molar-refractivity contribution in [1.29, 1.82) is 0 Å². The van der Waals surface area contributed by atoms with Crippen LogP contribution in [0.5, 0.6) is 5.75 Å². The molecule has 2 heterocycles. The summed E-state index contributed by atoms with van der Waals surface area (Å²) < 4.78 is 11.5. The largest absolute Gasteiger partial charge is 0.491 e. The highest BCUT2D eigenvalue weighted by molar-refractivity contribution is 5.92. The van der Waals surface area contributed by atoms with E-state index in [1.54, 1.807) is 18.9 Å². The summed E-state index contributed by atoms with van der Waals surface area (Å²) in [6.07, 6.45) is 0.657. The first-order chi connectivity index (χ1) is 12.0. The number of para-hydroxylation sites is 1. The van der Waals surface area contributed by atoms with Crippen molar-refractivity contribution in [2.45, 2.75) is 18.9 Å². The molecular weight excluding hydrogens is 322 g/mol. The van der Waals surface area contributed by atoms with Crippen LogP contribution in [0.25, 0.3) is 0 Å². The summed E-state index contributed by atoms with van der Waals surface area (Å²) >= 11 is 0. The number of carbonyl (C=O) groups is 1. The van der Waals surface area contributed by atoms with Crippen LogP contribution in [0.3, 0.4) is 0 Å². The minimum Gasteiger partial charge on any atom is -0.491 e. The second-order valence-corrected chi connectivity index (χ2v) is 6.18. The minimum atomic E-state index is -0.568.